The monoisotopic (exact) mass is 903 g/mol. The second-order valence-electron chi connectivity index (χ2n) is 20.4. The summed E-state index contributed by atoms with van der Waals surface area (Å²) >= 11 is 0. The summed E-state index contributed by atoms with van der Waals surface area (Å²) in [5, 5.41) is 25.8. The first kappa shape index (κ1) is 48.8. The van der Waals surface area contributed by atoms with Crippen LogP contribution in [-0.4, -0.2) is 174 Å². The molecule has 16 nitrogen and oxygen atoms in total. The maximum absolute atomic E-state index is 14.1. The Kier molecular flexibility index (Phi) is 15.3. The number of carboxylic acids is 1. The molecular formula is C49H74N8O8. The Hall–Kier alpha value is -4.16. The van der Waals surface area contributed by atoms with Crippen LogP contribution in [0.2, 0.25) is 0 Å². The number of hydrogen-bond donors (Lipinski definition) is 4. The number of carbonyl (C=O) groups excluding carboxylic acids is 2. The first-order valence-corrected chi connectivity index (χ1v) is 23.8. The lowest BCUT2D eigenvalue weighted by molar-refractivity contribution is -0.148. The SMILES string of the molecule is CCn1c(C2=C([C@H](C)OC)N=CC(N3CCN4CCOC[C@@H]4C3)C2C)c(CC(C)(C)CO)c2cc(C3=CCCN(C[C@H](NC(=O)OC(C)(C)C)C(=O)N4CCC[C@@H](C(=O)O)N4)C3)ccc21. The van der Waals surface area contributed by atoms with Crippen LogP contribution in [0, 0.1) is 11.3 Å². The lowest BCUT2D eigenvalue weighted by Crippen LogP contribution is -2.62. The first-order chi connectivity index (χ1) is 30.9. The number of rotatable bonds is 14. The second-order valence-corrected chi connectivity index (χ2v) is 20.4. The van der Waals surface area contributed by atoms with Crippen LogP contribution >= 0.6 is 0 Å². The predicted octanol–water partition coefficient (Wildman–Crippen LogP) is 4.64. The van der Waals surface area contributed by atoms with E-state index in [1.807, 2.05) is 0 Å². The number of piperazine rings is 1. The number of hydrazine groups is 1. The highest BCUT2D eigenvalue weighted by molar-refractivity contribution is 5.95. The van der Waals surface area contributed by atoms with Crippen molar-refractivity contribution in [1.82, 2.24) is 35.0 Å². The van der Waals surface area contributed by atoms with Crippen molar-refractivity contribution in [3.63, 3.8) is 0 Å². The molecule has 0 radical (unpaired) electrons. The summed E-state index contributed by atoms with van der Waals surface area (Å²) in [4.78, 5) is 51.7. The normalized spacial score (nSPS) is 25.0. The van der Waals surface area contributed by atoms with Crippen LogP contribution in [0.3, 0.4) is 0 Å². The molecule has 0 spiro atoms. The van der Waals surface area contributed by atoms with Gasteiger partial charge in [-0.05, 0) is 94.5 Å². The predicted molar refractivity (Wildman–Crippen MR) is 252 cm³/mol. The van der Waals surface area contributed by atoms with Crippen LogP contribution in [0.5, 0.6) is 0 Å². The summed E-state index contributed by atoms with van der Waals surface area (Å²) in [5.41, 5.74) is 9.42. The topological polar surface area (TPSA) is 174 Å². The number of aliphatic hydroxyl groups excluding tert-OH is 1. The lowest BCUT2D eigenvalue weighted by atomic mass is 9.80. The number of aliphatic hydroxyl groups is 1. The molecule has 16 heteroatoms. The molecule has 6 heterocycles. The number of alkyl carbamates (subject to hydrolysis) is 1. The van der Waals surface area contributed by atoms with Gasteiger partial charge in [0.1, 0.15) is 17.7 Å². The van der Waals surface area contributed by atoms with Gasteiger partial charge >= 0.3 is 12.1 Å². The van der Waals surface area contributed by atoms with Gasteiger partial charge in [-0.25, -0.2) is 10.2 Å². The number of fused-ring (bicyclic) bond motifs is 2. The third kappa shape index (κ3) is 11.0. The van der Waals surface area contributed by atoms with Gasteiger partial charge in [-0.3, -0.25) is 34.3 Å². The van der Waals surface area contributed by atoms with Gasteiger partial charge < -0.3 is 34.3 Å². The number of carboxylic acid groups (broad SMARTS) is 1. The molecule has 3 saturated heterocycles. The van der Waals surface area contributed by atoms with Gasteiger partial charge in [0, 0.05) is 107 Å². The summed E-state index contributed by atoms with van der Waals surface area (Å²) in [7, 11) is 1.74. The third-order valence-corrected chi connectivity index (χ3v) is 13.8. The van der Waals surface area contributed by atoms with Crippen molar-refractivity contribution in [3.05, 3.63) is 46.8 Å². The number of ether oxygens (including phenoxy) is 3. The molecule has 5 aliphatic rings. The Morgan fingerprint density at radius 3 is 2.55 bits per heavy atom. The Balaban J connectivity index is 1.23. The van der Waals surface area contributed by atoms with Crippen molar-refractivity contribution in [1.29, 1.82) is 0 Å². The van der Waals surface area contributed by atoms with E-state index >= 15 is 0 Å². The maximum Gasteiger partial charge on any atom is 0.408 e. The average Bonchev–Trinajstić information content (AvgIpc) is 3.58. The molecular weight excluding hydrogens is 829 g/mol. The fourth-order valence-electron chi connectivity index (χ4n) is 10.3. The van der Waals surface area contributed by atoms with E-state index in [1.165, 1.54) is 16.1 Å². The number of benzene rings is 1. The zero-order chi connectivity index (χ0) is 46.8. The summed E-state index contributed by atoms with van der Waals surface area (Å²) in [5.74, 6) is -1.34. The molecule has 358 valence electrons. The van der Waals surface area contributed by atoms with Crippen LogP contribution in [0.4, 0.5) is 4.79 Å². The number of morpholine rings is 1. The maximum atomic E-state index is 14.1. The molecule has 2 unspecified atom stereocenters. The molecule has 1 aromatic carbocycles. The van der Waals surface area contributed by atoms with Crippen molar-refractivity contribution in [2.45, 2.75) is 123 Å². The Bertz CT molecular complexity index is 2160. The molecule has 7 rings (SSSR count). The van der Waals surface area contributed by atoms with Crippen molar-refractivity contribution in [2.75, 3.05) is 79.3 Å². The number of methoxy groups -OCH3 is 1. The molecule has 5 aliphatic heterocycles. The molecule has 1 aromatic heterocycles. The average molecular weight is 903 g/mol. The van der Waals surface area contributed by atoms with E-state index in [-0.39, 0.29) is 31.2 Å². The van der Waals surface area contributed by atoms with Gasteiger partial charge in [0.2, 0.25) is 0 Å². The summed E-state index contributed by atoms with van der Waals surface area (Å²) in [6.45, 7) is 24.0. The number of nitrogens with zero attached hydrogens (tertiary/aromatic N) is 6. The van der Waals surface area contributed by atoms with E-state index in [2.05, 4.69) is 95.1 Å². The summed E-state index contributed by atoms with van der Waals surface area (Å²) in [6, 6.07) is 5.28. The highest BCUT2D eigenvalue weighted by Crippen LogP contribution is 2.44. The Morgan fingerprint density at radius 1 is 1.08 bits per heavy atom. The Labute approximate surface area is 385 Å². The van der Waals surface area contributed by atoms with Gasteiger partial charge in [-0.2, -0.15) is 0 Å². The number of aromatic nitrogens is 1. The van der Waals surface area contributed by atoms with Crippen LogP contribution in [0.1, 0.15) is 91.5 Å². The highest BCUT2D eigenvalue weighted by Gasteiger charge is 2.41. The van der Waals surface area contributed by atoms with E-state index in [0.29, 0.717) is 44.9 Å². The molecule has 0 bridgehead atoms. The second kappa shape index (κ2) is 20.4. The van der Waals surface area contributed by atoms with Crippen LogP contribution in [0.25, 0.3) is 22.0 Å². The Morgan fingerprint density at radius 2 is 1.85 bits per heavy atom. The molecule has 2 amide bonds. The van der Waals surface area contributed by atoms with Gasteiger partial charge in [-0.15, -0.1) is 0 Å². The number of nitrogens with one attached hydrogen (secondary N) is 2. The standard InChI is InChI=1S/C49H74N8O8/c1-10-56-40-16-15-33(34-13-11-17-53(26-34)28-39(51-47(62)65-48(4,5)6)45(59)57-18-12-14-38(52-57)46(60)61)23-36(40)37(24-49(7,8)30-58)44(56)42-31(2)41(25-50-43(42)32(3)63-9)55-20-19-54-21-22-64-29-35(54)27-55/h13,15-16,23,25,31-32,35,38-39,41,52,58H,10-12,14,17-22,24,26-30H2,1-9H3,(H,51,62)(H,60,61)/t31?,32-,35-,38-,39-,41?/m0/s1. The first-order valence-electron chi connectivity index (χ1n) is 23.8. The molecule has 4 N–H and O–H groups in total. The van der Waals surface area contributed by atoms with Crippen molar-refractivity contribution in [3.8, 4) is 0 Å². The van der Waals surface area contributed by atoms with Crippen molar-refractivity contribution < 1.29 is 38.8 Å². The molecule has 6 atom stereocenters. The van der Waals surface area contributed by atoms with Crippen molar-refractivity contribution >= 4 is 46.2 Å². The molecule has 2 aromatic rings. The number of carbonyl (C=O) groups is 3. The van der Waals surface area contributed by atoms with E-state index in [4.69, 9.17) is 19.2 Å². The van der Waals surface area contributed by atoms with Gasteiger partial charge in [0.05, 0.1) is 36.8 Å². The third-order valence-electron chi connectivity index (χ3n) is 13.8. The van der Waals surface area contributed by atoms with Crippen molar-refractivity contribution in [2.24, 2.45) is 16.3 Å². The van der Waals surface area contributed by atoms with Crippen LogP contribution in [-0.2, 0) is 36.8 Å². The zero-order valence-corrected chi connectivity index (χ0v) is 40.2. The lowest BCUT2D eigenvalue weighted by Gasteiger charge is -2.47. The fourth-order valence-corrected chi connectivity index (χ4v) is 10.3. The minimum Gasteiger partial charge on any atom is -0.480 e. The smallest absolute Gasteiger partial charge is 0.408 e. The van der Waals surface area contributed by atoms with E-state index in [9.17, 15) is 24.6 Å². The van der Waals surface area contributed by atoms with Gasteiger partial charge in [-0.1, -0.05) is 32.9 Å². The fraction of sp³-hybridized carbons (Fsp3) is 0.673. The van der Waals surface area contributed by atoms with Gasteiger partial charge in [0.15, 0.2) is 0 Å². The number of aliphatic carboxylic acids is 1. The molecule has 0 saturated carbocycles. The quantitative estimate of drug-likeness (QED) is 0.207. The number of hydrogen-bond acceptors (Lipinski definition) is 12. The summed E-state index contributed by atoms with van der Waals surface area (Å²) in [6.07, 6.45) is 5.76. The van der Waals surface area contributed by atoms with Crippen LogP contribution < -0.4 is 10.7 Å². The van der Waals surface area contributed by atoms with Gasteiger partial charge in [0.25, 0.3) is 5.91 Å². The number of aryl methyl sites for hydroxylation is 1. The number of aliphatic imine (C=N–C) groups is 1. The largest absolute Gasteiger partial charge is 0.480 e. The van der Waals surface area contributed by atoms with E-state index in [1.54, 1.807) is 27.9 Å². The van der Waals surface area contributed by atoms with E-state index < -0.39 is 41.1 Å². The molecule has 3 fully saturated rings. The van der Waals surface area contributed by atoms with Crippen LogP contribution in [0.15, 0.2) is 35.0 Å². The molecule has 65 heavy (non-hydrogen) atoms. The number of amides is 2. The highest BCUT2D eigenvalue weighted by atomic mass is 16.6. The summed E-state index contributed by atoms with van der Waals surface area (Å²) < 4.78 is 20.0. The minimum absolute atomic E-state index is 0.0244. The zero-order valence-electron chi connectivity index (χ0n) is 40.2. The minimum atomic E-state index is -1.02. The van der Waals surface area contributed by atoms with E-state index in [0.717, 1.165) is 85.8 Å². The molecule has 0 aliphatic carbocycles.